The molecule has 0 unspecified atom stereocenters. The number of rotatable bonds is 3. The van der Waals surface area contributed by atoms with Gasteiger partial charge in [-0.3, -0.25) is 0 Å². The Bertz CT molecular complexity index is 300. The van der Waals surface area contributed by atoms with Gasteiger partial charge in [0.05, 0.1) is 5.01 Å². The molecule has 1 aliphatic carbocycles. The van der Waals surface area contributed by atoms with E-state index in [0.717, 1.165) is 6.42 Å². The molecule has 0 amide bonds. The van der Waals surface area contributed by atoms with Crippen molar-refractivity contribution in [2.45, 2.75) is 44.4 Å². The van der Waals surface area contributed by atoms with Crippen LogP contribution in [0.2, 0.25) is 0 Å². The van der Waals surface area contributed by atoms with Crippen LogP contribution in [0.4, 0.5) is 0 Å². The SMILES string of the molecule is CC1(c2cnc(CCN)s2)CCCC1. The summed E-state index contributed by atoms with van der Waals surface area (Å²) in [4.78, 5) is 5.91. The molecule has 2 nitrogen and oxygen atoms in total. The van der Waals surface area contributed by atoms with Crippen molar-refractivity contribution in [3.05, 3.63) is 16.1 Å². The number of hydrogen-bond acceptors (Lipinski definition) is 3. The Hall–Kier alpha value is -0.410. The van der Waals surface area contributed by atoms with Gasteiger partial charge in [-0.1, -0.05) is 19.8 Å². The molecular formula is C11H18N2S. The summed E-state index contributed by atoms with van der Waals surface area (Å²) in [5.74, 6) is 0. The Morgan fingerprint density at radius 2 is 2.21 bits per heavy atom. The van der Waals surface area contributed by atoms with Crippen LogP contribution >= 0.6 is 11.3 Å². The number of nitrogens with two attached hydrogens (primary N) is 1. The van der Waals surface area contributed by atoms with Gasteiger partial charge >= 0.3 is 0 Å². The molecule has 2 rings (SSSR count). The first-order valence-corrected chi connectivity index (χ1v) is 6.21. The summed E-state index contributed by atoms with van der Waals surface area (Å²) in [5.41, 5.74) is 5.94. The molecule has 0 bridgehead atoms. The molecule has 3 heteroatoms. The first kappa shape index (κ1) is 10.1. The molecule has 1 heterocycles. The van der Waals surface area contributed by atoms with Crippen LogP contribution in [0.3, 0.4) is 0 Å². The summed E-state index contributed by atoms with van der Waals surface area (Å²) >= 11 is 1.86. The normalized spacial score (nSPS) is 20.1. The second kappa shape index (κ2) is 3.99. The van der Waals surface area contributed by atoms with Gasteiger partial charge in [0.25, 0.3) is 0 Å². The van der Waals surface area contributed by atoms with Gasteiger partial charge in [0.15, 0.2) is 0 Å². The van der Waals surface area contributed by atoms with Crippen molar-refractivity contribution in [3.8, 4) is 0 Å². The van der Waals surface area contributed by atoms with Crippen LogP contribution in [0.25, 0.3) is 0 Å². The first-order valence-electron chi connectivity index (χ1n) is 5.40. The van der Waals surface area contributed by atoms with E-state index in [-0.39, 0.29) is 0 Å². The minimum absolute atomic E-state index is 0.421. The van der Waals surface area contributed by atoms with Gasteiger partial charge in [-0.25, -0.2) is 4.98 Å². The van der Waals surface area contributed by atoms with Crippen molar-refractivity contribution in [3.63, 3.8) is 0 Å². The second-order valence-corrected chi connectivity index (χ2v) is 5.54. The Balaban J connectivity index is 2.15. The molecule has 1 fully saturated rings. The molecule has 2 N–H and O–H groups in total. The van der Waals surface area contributed by atoms with Crippen molar-refractivity contribution in [2.24, 2.45) is 5.73 Å². The van der Waals surface area contributed by atoms with E-state index in [1.54, 1.807) is 0 Å². The topological polar surface area (TPSA) is 38.9 Å². The Kier molecular flexibility index (Phi) is 2.88. The number of hydrogen-bond donors (Lipinski definition) is 1. The standard InChI is InChI=1S/C11H18N2S/c1-11(5-2-3-6-11)9-8-13-10(14-9)4-7-12/h8H,2-7,12H2,1H3. The third kappa shape index (κ3) is 1.84. The zero-order valence-corrected chi connectivity index (χ0v) is 9.57. The Morgan fingerprint density at radius 1 is 1.50 bits per heavy atom. The quantitative estimate of drug-likeness (QED) is 0.832. The summed E-state index contributed by atoms with van der Waals surface area (Å²) in [6.07, 6.45) is 8.41. The van der Waals surface area contributed by atoms with Crippen molar-refractivity contribution in [1.29, 1.82) is 0 Å². The molecule has 0 atom stereocenters. The molecule has 1 aromatic heterocycles. The summed E-state index contributed by atoms with van der Waals surface area (Å²) in [6.45, 7) is 3.09. The minimum Gasteiger partial charge on any atom is -0.330 e. The maximum Gasteiger partial charge on any atom is 0.0940 e. The zero-order valence-electron chi connectivity index (χ0n) is 8.75. The molecule has 0 radical (unpaired) electrons. The average molecular weight is 210 g/mol. The van der Waals surface area contributed by atoms with Crippen molar-refractivity contribution in [1.82, 2.24) is 4.98 Å². The molecule has 1 saturated carbocycles. The van der Waals surface area contributed by atoms with E-state index in [9.17, 15) is 0 Å². The average Bonchev–Trinajstić information content (AvgIpc) is 2.75. The van der Waals surface area contributed by atoms with Crippen LogP contribution in [0, 0.1) is 0 Å². The Labute approximate surface area is 89.5 Å². The van der Waals surface area contributed by atoms with Gasteiger partial charge in [0, 0.05) is 22.9 Å². The smallest absolute Gasteiger partial charge is 0.0940 e. The highest BCUT2D eigenvalue weighted by atomic mass is 32.1. The van der Waals surface area contributed by atoms with E-state index in [2.05, 4.69) is 18.1 Å². The molecule has 78 valence electrons. The summed E-state index contributed by atoms with van der Waals surface area (Å²) in [6, 6.07) is 0. The predicted octanol–water partition coefficient (Wildman–Crippen LogP) is 2.48. The fourth-order valence-corrected chi connectivity index (χ4v) is 3.37. The monoisotopic (exact) mass is 210 g/mol. The predicted molar refractivity (Wildman–Crippen MR) is 60.7 cm³/mol. The molecule has 0 spiro atoms. The maximum absolute atomic E-state index is 5.52. The van der Waals surface area contributed by atoms with E-state index >= 15 is 0 Å². The van der Waals surface area contributed by atoms with E-state index in [4.69, 9.17) is 5.73 Å². The van der Waals surface area contributed by atoms with E-state index in [1.807, 2.05) is 11.3 Å². The van der Waals surface area contributed by atoms with Gasteiger partial charge in [0.1, 0.15) is 0 Å². The fraction of sp³-hybridized carbons (Fsp3) is 0.727. The van der Waals surface area contributed by atoms with Gasteiger partial charge < -0.3 is 5.73 Å². The van der Waals surface area contributed by atoms with Crippen molar-refractivity contribution in [2.75, 3.05) is 6.54 Å². The van der Waals surface area contributed by atoms with Crippen LogP contribution < -0.4 is 5.73 Å². The highest BCUT2D eigenvalue weighted by Gasteiger charge is 2.32. The Morgan fingerprint density at radius 3 is 2.86 bits per heavy atom. The summed E-state index contributed by atoms with van der Waals surface area (Å²) in [7, 11) is 0. The summed E-state index contributed by atoms with van der Waals surface area (Å²) in [5, 5.41) is 1.20. The van der Waals surface area contributed by atoms with E-state index in [0.29, 0.717) is 12.0 Å². The molecule has 0 aromatic carbocycles. The zero-order chi connectivity index (χ0) is 10.0. The van der Waals surface area contributed by atoms with Crippen LogP contribution in [-0.2, 0) is 11.8 Å². The maximum atomic E-state index is 5.52. The lowest BCUT2D eigenvalue weighted by Crippen LogP contribution is -2.14. The van der Waals surface area contributed by atoms with Gasteiger partial charge in [-0.15, -0.1) is 11.3 Å². The number of aromatic nitrogens is 1. The minimum atomic E-state index is 0.421. The van der Waals surface area contributed by atoms with Crippen LogP contribution in [-0.4, -0.2) is 11.5 Å². The van der Waals surface area contributed by atoms with Crippen LogP contribution in [0.15, 0.2) is 6.20 Å². The van der Waals surface area contributed by atoms with Crippen molar-refractivity contribution < 1.29 is 0 Å². The largest absolute Gasteiger partial charge is 0.330 e. The lowest BCUT2D eigenvalue weighted by Gasteiger charge is -2.20. The molecular weight excluding hydrogens is 192 g/mol. The second-order valence-electron chi connectivity index (χ2n) is 4.42. The molecule has 0 aliphatic heterocycles. The lowest BCUT2D eigenvalue weighted by molar-refractivity contribution is 0.501. The van der Waals surface area contributed by atoms with Crippen LogP contribution in [0.1, 0.15) is 42.5 Å². The van der Waals surface area contributed by atoms with Gasteiger partial charge in [0.2, 0.25) is 0 Å². The first-order chi connectivity index (χ1) is 6.74. The summed E-state index contributed by atoms with van der Waals surface area (Å²) < 4.78 is 0. The third-order valence-electron chi connectivity index (χ3n) is 3.21. The highest BCUT2D eigenvalue weighted by molar-refractivity contribution is 7.11. The molecule has 0 saturated heterocycles. The number of thiazole rings is 1. The van der Waals surface area contributed by atoms with E-state index in [1.165, 1.54) is 35.6 Å². The third-order valence-corrected chi connectivity index (χ3v) is 4.58. The molecule has 1 aromatic rings. The molecule has 14 heavy (non-hydrogen) atoms. The van der Waals surface area contributed by atoms with Gasteiger partial charge in [-0.2, -0.15) is 0 Å². The van der Waals surface area contributed by atoms with Crippen LogP contribution in [0.5, 0.6) is 0 Å². The lowest BCUT2D eigenvalue weighted by atomic mass is 9.88. The fourth-order valence-electron chi connectivity index (χ4n) is 2.23. The van der Waals surface area contributed by atoms with Crippen molar-refractivity contribution >= 4 is 11.3 Å². The number of nitrogens with zero attached hydrogens (tertiary/aromatic N) is 1. The highest BCUT2D eigenvalue weighted by Crippen LogP contribution is 2.42. The van der Waals surface area contributed by atoms with E-state index < -0.39 is 0 Å². The van der Waals surface area contributed by atoms with Gasteiger partial charge in [-0.05, 0) is 19.4 Å². The molecule has 1 aliphatic rings.